The highest BCUT2D eigenvalue weighted by atomic mass is 35.5. The summed E-state index contributed by atoms with van der Waals surface area (Å²) >= 11 is 6.24. The van der Waals surface area contributed by atoms with E-state index in [4.69, 9.17) is 17.3 Å². The van der Waals surface area contributed by atoms with E-state index in [2.05, 4.69) is 4.90 Å². The molecule has 0 amide bonds. The van der Waals surface area contributed by atoms with Crippen LogP contribution in [0.15, 0.2) is 18.2 Å². The second kappa shape index (κ2) is 5.44. The first-order valence-corrected chi connectivity index (χ1v) is 6.45. The number of rotatable bonds is 1. The van der Waals surface area contributed by atoms with Crippen LogP contribution in [0.1, 0.15) is 32.1 Å². The van der Waals surface area contributed by atoms with Crippen LogP contribution in [0, 0.1) is 0 Å². The summed E-state index contributed by atoms with van der Waals surface area (Å²) in [4.78, 5) is 2.39. The number of nitrogen functional groups attached to an aromatic ring is 1. The third-order valence-corrected chi connectivity index (χ3v) is 3.47. The standard InChI is InChI=1S/C13H19ClN2/c14-12-10-11(15)6-7-13(12)16-8-4-2-1-3-5-9-16/h6-7,10H,1-5,8-9,15H2. The van der Waals surface area contributed by atoms with Crippen LogP contribution in [0.2, 0.25) is 5.02 Å². The number of halogens is 1. The van der Waals surface area contributed by atoms with E-state index < -0.39 is 0 Å². The van der Waals surface area contributed by atoms with Gasteiger partial charge in [0.2, 0.25) is 0 Å². The highest BCUT2D eigenvalue weighted by Gasteiger charge is 2.11. The molecule has 0 atom stereocenters. The van der Waals surface area contributed by atoms with E-state index in [1.54, 1.807) is 0 Å². The first-order valence-electron chi connectivity index (χ1n) is 6.07. The van der Waals surface area contributed by atoms with Crippen molar-refractivity contribution in [2.24, 2.45) is 0 Å². The molecule has 0 aliphatic carbocycles. The molecule has 2 N–H and O–H groups in total. The third kappa shape index (κ3) is 2.82. The Balaban J connectivity index is 2.14. The minimum Gasteiger partial charge on any atom is -0.399 e. The Morgan fingerprint density at radius 3 is 2.25 bits per heavy atom. The van der Waals surface area contributed by atoms with Crippen LogP contribution in [0.3, 0.4) is 0 Å². The lowest BCUT2D eigenvalue weighted by Crippen LogP contribution is -2.27. The van der Waals surface area contributed by atoms with Gasteiger partial charge >= 0.3 is 0 Å². The van der Waals surface area contributed by atoms with Gasteiger partial charge in [0.15, 0.2) is 0 Å². The number of nitrogens with zero attached hydrogens (tertiary/aromatic N) is 1. The fraction of sp³-hybridized carbons (Fsp3) is 0.538. The zero-order valence-corrected chi connectivity index (χ0v) is 10.3. The molecule has 1 saturated heterocycles. The van der Waals surface area contributed by atoms with Crippen LogP contribution in [0.4, 0.5) is 11.4 Å². The summed E-state index contributed by atoms with van der Waals surface area (Å²) in [5.41, 5.74) is 7.58. The summed E-state index contributed by atoms with van der Waals surface area (Å²) < 4.78 is 0. The highest BCUT2D eigenvalue weighted by molar-refractivity contribution is 6.33. The van der Waals surface area contributed by atoms with Crippen LogP contribution in [-0.2, 0) is 0 Å². The normalized spacial score (nSPS) is 17.9. The van der Waals surface area contributed by atoms with Gasteiger partial charge in [-0.05, 0) is 31.0 Å². The molecule has 2 rings (SSSR count). The Bertz CT molecular complexity index is 344. The van der Waals surface area contributed by atoms with Gasteiger partial charge in [-0.2, -0.15) is 0 Å². The molecule has 0 bridgehead atoms. The maximum Gasteiger partial charge on any atom is 0.0660 e. The highest BCUT2D eigenvalue weighted by Crippen LogP contribution is 2.29. The fourth-order valence-electron chi connectivity index (χ4n) is 2.27. The molecule has 1 heterocycles. The summed E-state index contributed by atoms with van der Waals surface area (Å²) in [6.45, 7) is 2.23. The second-order valence-electron chi connectivity index (χ2n) is 4.47. The zero-order valence-electron chi connectivity index (χ0n) is 9.58. The summed E-state index contributed by atoms with van der Waals surface area (Å²) in [6.07, 6.45) is 6.58. The lowest BCUT2D eigenvalue weighted by molar-refractivity contribution is 0.556. The molecule has 0 spiro atoms. The van der Waals surface area contributed by atoms with Crippen molar-refractivity contribution in [2.75, 3.05) is 23.7 Å². The predicted molar refractivity (Wildman–Crippen MR) is 71.2 cm³/mol. The van der Waals surface area contributed by atoms with Crippen molar-refractivity contribution in [1.82, 2.24) is 0 Å². The van der Waals surface area contributed by atoms with Crippen LogP contribution >= 0.6 is 11.6 Å². The van der Waals surface area contributed by atoms with E-state index in [1.165, 1.54) is 32.1 Å². The topological polar surface area (TPSA) is 29.3 Å². The quantitative estimate of drug-likeness (QED) is 0.756. The van der Waals surface area contributed by atoms with Crippen LogP contribution in [-0.4, -0.2) is 13.1 Å². The molecule has 2 nitrogen and oxygen atoms in total. The average molecular weight is 239 g/mol. The van der Waals surface area contributed by atoms with Crippen molar-refractivity contribution in [3.63, 3.8) is 0 Å². The molecule has 3 heteroatoms. The summed E-state index contributed by atoms with van der Waals surface area (Å²) in [6, 6.07) is 5.81. The number of benzene rings is 1. The number of hydrogen-bond donors (Lipinski definition) is 1. The van der Waals surface area contributed by atoms with E-state index in [0.29, 0.717) is 0 Å². The van der Waals surface area contributed by atoms with Gasteiger partial charge in [-0.25, -0.2) is 0 Å². The molecule has 1 fully saturated rings. The smallest absolute Gasteiger partial charge is 0.0660 e. The van der Waals surface area contributed by atoms with Crippen LogP contribution in [0.5, 0.6) is 0 Å². The summed E-state index contributed by atoms with van der Waals surface area (Å²) in [5.74, 6) is 0. The Hall–Kier alpha value is -0.890. The SMILES string of the molecule is Nc1ccc(N2CCCCCCC2)c(Cl)c1. The van der Waals surface area contributed by atoms with Crippen molar-refractivity contribution in [3.8, 4) is 0 Å². The Kier molecular flexibility index (Phi) is 3.94. The Morgan fingerprint density at radius 2 is 1.62 bits per heavy atom. The van der Waals surface area contributed by atoms with Gasteiger partial charge in [0.05, 0.1) is 10.7 Å². The maximum absolute atomic E-state index is 6.24. The third-order valence-electron chi connectivity index (χ3n) is 3.17. The van der Waals surface area contributed by atoms with Gasteiger partial charge in [-0.3, -0.25) is 0 Å². The molecule has 0 saturated carbocycles. The molecule has 0 radical (unpaired) electrons. The van der Waals surface area contributed by atoms with Gasteiger partial charge in [0.25, 0.3) is 0 Å². The fourth-order valence-corrected chi connectivity index (χ4v) is 2.58. The molecular formula is C13H19ClN2. The Morgan fingerprint density at radius 1 is 1.00 bits per heavy atom. The van der Waals surface area contributed by atoms with Crippen molar-refractivity contribution in [1.29, 1.82) is 0 Å². The van der Waals surface area contributed by atoms with Crippen LogP contribution in [0.25, 0.3) is 0 Å². The summed E-state index contributed by atoms with van der Waals surface area (Å²) in [7, 11) is 0. The van der Waals surface area contributed by atoms with Crippen molar-refractivity contribution in [3.05, 3.63) is 23.2 Å². The van der Waals surface area contributed by atoms with E-state index in [0.717, 1.165) is 29.5 Å². The minimum absolute atomic E-state index is 0.737. The van der Waals surface area contributed by atoms with Gasteiger partial charge in [0.1, 0.15) is 0 Å². The molecule has 0 aromatic heterocycles. The van der Waals surface area contributed by atoms with Crippen molar-refractivity contribution in [2.45, 2.75) is 32.1 Å². The average Bonchev–Trinajstić information content (AvgIpc) is 2.19. The number of nitrogens with two attached hydrogens (primary N) is 1. The lowest BCUT2D eigenvalue weighted by Gasteiger charge is -2.27. The molecule has 1 aromatic rings. The molecule has 1 aliphatic rings. The van der Waals surface area contributed by atoms with Gasteiger partial charge in [0, 0.05) is 18.8 Å². The van der Waals surface area contributed by atoms with Crippen molar-refractivity contribution < 1.29 is 0 Å². The Labute approximate surface area is 102 Å². The van der Waals surface area contributed by atoms with Gasteiger partial charge in [-0.1, -0.05) is 30.9 Å². The molecular weight excluding hydrogens is 220 g/mol. The minimum atomic E-state index is 0.737. The zero-order chi connectivity index (χ0) is 11.4. The van der Waals surface area contributed by atoms with Crippen LogP contribution < -0.4 is 10.6 Å². The molecule has 1 aromatic carbocycles. The van der Waals surface area contributed by atoms with Gasteiger partial charge in [-0.15, -0.1) is 0 Å². The molecule has 16 heavy (non-hydrogen) atoms. The van der Waals surface area contributed by atoms with Gasteiger partial charge < -0.3 is 10.6 Å². The van der Waals surface area contributed by atoms with E-state index >= 15 is 0 Å². The lowest BCUT2D eigenvalue weighted by atomic mass is 10.1. The first kappa shape index (κ1) is 11.6. The largest absolute Gasteiger partial charge is 0.399 e. The van der Waals surface area contributed by atoms with E-state index in [9.17, 15) is 0 Å². The second-order valence-corrected chi connectivity index (χ2v) is 4.87. The maximum atomic E-state index is 6.24. The molecule has 1 aliphatic heterocycles. The molecule has 88 valence electrons. The summed E-state index contributed by atoms with van der Waals surface area (Å²) in [5, 5.41) is 0.778. The predicted octanol–water partition coefficient (Wildman–Crippen LogP) is 3.69. The first-order chi connectivity index (χ1) is 7.77. The number of hydrogen-bond acceptors (Lipinski definition) is 2. The monoisotopic (exact) mass is 238 g/mol. The molecule has 0 unspecified atom stereocenters. The van der Waals surface area contributed by atoms with E-state index in [-0.39, 0.29) is 0 Å². The number of anilines is 2. The van der Waals surface area contributed by atoms with E-state index in [1.807, 2.05) is 18.2 Å². The van der Waals surface area contributed by atoms with Crippen molar-refractivity contribution >= 4 is 23.0 Å².